The number of aliphatic hydroxyl groups excluding tert-OH is 1. The van der Waals surface area contributed by atoms with Gasteiger partial charge in [0.25, 0.3) is 0 Å². The number of fused-ring (bicyclic) bond motifs is 3. The molecule has 1 aliphatic rings. The van der Waals surface area contributed by atoms with Crippen LogP contribution >= 0.6 is 0 Å². The van der Waals surface area contributed by atoms with Gasteiger partial charge in [-0.1, -0.05) is 62.4 Å². The van der Waals surface area contributed by atoms with E-state index in [1.165, 1.54) is 0 Å². The largest absolute Gasteiger partial charge is 0.479 e. The third-order valence-corrected chi connectivity index (χ3v) is 6.02. The first-order chi connectivity index (χ1) is 15.8. The van der Waals surface area contributed by atoms with E-state index in [-0.39, 0.29) is 49.8 Å². The van der Waals surface area contributed by atoms with E-state index < -0.39 is 18.2 Å². The average molecular weight is 455 g/mol. The van der Waals surface area contributed by atoms with Gasteiger partial charge in [-0.3, -0.25) is 4.79 Å². The second-order valence-electron chi connectivity index (χ2n) is 8.57. The van der Waals surface area contributed by atoms with E-state index >= 15 is 0 Å². The maximum Gasteiger partial charge on any atom is 0.407 e. The minimum absolute atomic E-state index is 0.0320. The molecule has 0 radical (unpaired) electrons. The number of rotatable bonds is 10. The van der Waals surface area contributed by atoms with Crippen LogP contribution in [-0.4, -0.2) is 54.0 Å². The third-order valence-electron chi connectivity index (χ3n) is 6.02. The molecule has 8 heteroatoms. The van der Waals surface area contributed by atoms with Crippen molar-refractivity contribution in [3.63, 3.8) is 0 Å². The predicted molar refractivity (Wildman–Crippen MR) is 123 cm³/mol. The third kappa shape index (κ3) is 6.10. The molecule has 0 saturated heterocycles. The summed E-state index contributed by atoms with van der Waals surface area (Å²) in [6, 6.07) is 16.2. The molecule has 0 spiro atoms. The highest BCUT2D eigenvalue weighted by Gasteiger charge is 2.29. The fourth-order valence-electron chi connectivity index (χ4n) is 4.02. The van der Waals surface area contributed by atoms with Gasteiger partial charge in [-0.2, -0.15) is 0 Å². The molecule has 2 atom stereocenters. The molecule has 1 unspecified atom stereocenters. The van der Waals surface area contributed by atoms with Crippen molar-refractivity contribution in [1.29, 1.82) is 0 Å². The Balaban J connectivity index is 1.51. The lowest BCUT2D eigenvalue weighted by Gasteiger charge is -2.21. The lowest BCUT2D eigenvalue weighted by atomic mass is 9.92. The smallest absolute Gasteiger partial charge is 0.407 e. The normalized spacial score (nSPS) is 14.2. The first-order valence-corrected chi connectivity index (χ1v) is 11.0. The highest BCUT2D eigenvalue weighted by Crippen LogP contribution is 2.44. The number of benzene rings is 2. The summed E-state index contributed by atoms with van der Waals surface area (Å²) in [5.41, 5.74) is 4.57. The number of amides is 2. The molecule has 2 aromatic rings. The Morgan fingerprint density at radius 2 is 1.52 bits per heavy atom. The van der Waals surface area contributed by atoms with Crippen LogP contribution in [0, 0.1) is 11.8 Å². The molecule has 1 aliphatic carbocycles. The van der Waals surface area contributed by atoms with Crippen molar-refractivity contribution >= 4 is 18.0 Å². The predicted octanol–water partition coefficient (Wildman–Crippen LogP) is 2.75. The lowest BCUT2D eigenvalue weighted by Crippen LogP contribution is -2.39. The molecule has 8 nitrogen and oxygen atoms in total. The summed E-state index contributed by atoms with van der Waals surface area (Å²) in [7, 11) is 0. The Bertz CT molecular complexity index is 960. The maximum absolute atomic E-state index is 12.4. The number of alkyl carbamates (subject to hydrolysis) is 1. The van der Waals surface area contributed by atoms with E-state index in [4.69, 9.17) is 9.84 Å². The summed E-state index contributed by atoms with van der Waals surface area (Å²) >= 11 is 0. The summed E-state index contributed by atoms with van der Waals surface area (Å²) in [5, 5.41) is 23.1. The molecule has 2 aromatic carbocycles. The van der Waals surface area contributed by atoms with Crippen LogP contribution in [0.5, 0.6) is 0 Å². The van der Waals surface area contributed by atoms with E-state index in [0.717, 1.165) is 22.3 Å². The molecule has 0 heterocycles. The zero-order valence-corrected chi connectivity index (χ0v) is 18.8. The maximum atomic E-state index is 12.4. The van der Waals surface area contributed by atoms with E-state index in [0.29, 0.717) is 0 Å². The summed E-state index contributed by atoms with van der Waals surface area (Å²) in [4.78, 5) is 35.1. The van der Waals surface area contributed by atoms with Gasteiger partial charge < -0.3 is 25.6 Å². The van der Waals surface area contributed by atoms with Crippen LogP contribution in [0.1, 0.15) is 37.3 Å². The van der Waals surface area contributed by atoms with E-state index in [9.17, 15) is 19.5 Å². The zero-order chi connectivity index (χ0) is 24.0. The number of carboxylic acids is 1. The Morgan fingerprint density at radius 3 is 2.06 bits per heavy atom. The van der Waals surface area contributed by atoms with Crippen LogP contribution in [0.3, 0.4) is 0 Å². The van der Waals surface area contributed by atoms with Gasteiger partial charge in [0.15, 0.2) is 6.10 Å². The van der Waals surface area contributed by atoms with Gasteiger partial charge in [0.05, 0.1) is 6.54 Å². The van der Waals surface area contributed by atoms with E-state index in [2.05, 4.69) is 34.9 Å². The molecule has 0 saturated carbocycles. The van der Waals surface area contributed by atoms with Crippen molar-refractivity contribution in [2.45, 2.75) is 32.3 Å². The lowest BCUT2D eigenvalue weighted by molar-refractivity contribution is -0.146. The fourth-order valence-corrected chi connectivity index (χ4v) is 4.02. The van der Waals surface area contributed by atoms with Crippen molar-refractivity contribution in [2.75, 3.05) is 19.7 Å². The van der Waals surface area contributed by atoms with Crippen molar-refractivity contribution in [3.8, 4) is 11.1 Å². The van der Waals surface area contributed by atoms with Gasteiger partial charge in [-0.15, -0.1) is 0 Å². The summed E-state index contributed by atoms with van der Waals surface area (Å²) in [6.07, 6.45) is -2.11. The minimum atomic E-state index is -1.65. The van der Waals surface area contributed by atoms with Crippen LogP contribution in [0.15, 0.2) is 48.5 Å². The summed E-state index contributed by atoms with van der Waals surface area (Å²) < 4.78 is 5.53. The van der Waals surface area contributed by atoms with E-state index in [1.54, 1.807) is 0 Å². The van der Waals surface area contributed by atoms with Crippen molar-refractivity contribution in [2.24, 2.45) is 11.8 Å². The fraction of sp³-hybridized carbons (Fsp3) is 0.400. The van der Waals surface area contributed by atoms with Crippen LogP contribution in [0.2, 0.25) is 0 Å². The number of nitrogens with one attached hydrogen (secondary N) is 2. The second-order valence-corrected chi connectivity index (χ2v) is 8.57. The van der Waals surface area contributed by atoms with Gasteiger partial charge in [0, 0.05) is 18.9 Å². The molecule has 0 aromatic heterocycles. The molecular formula is C25H30N2O6. The second kappa shape index (κ2) is 11.0. The standard InChI is InChI=1S/C25H30N2O6/c1-15(2)16(11-23(29)26-13-22(28)24(30)31)12-27-25(32)33-14-21-19-9-5-3-7-17(19)18-8-4-6-10-20(18)21/h3-10,15-16,21-22,28H,11-14H2,1-2H3,(H,26,29)(H,27,32)(H,30,31)/t16?,22-/m0/s1. The molecule has 0 bridgehead atoms. The Morgan fingerprint density at radius 1 is 0.939 bits per heavy atom. The Hall–Kier alpha value is -3.39. The van der Waals surface area contributed by atoms with E-state index in [1.807, 2.05) is 38.1 Å². The SMILES string of the molecule is CC(C)C(CNC(=O)OCC1c2ccccc2-c2ccccc21)CC(=O)NC[C@H](O)C(=O)O. The van der Waals surface area contributed by atoms with Gasteiger partial charge in [-0.05, 0) is 34.1 Å². The number of carbonyl (C=O) groups excluding carboxylic acids is 2. The molecule has 0 fully saturated rings. The molecule has 33 heavy (non-hydrogen) atoms. The molecule has 3 rings (SSSR count). The first-order valence-electron chi connectivity index (χ1n) is 11.0. The molecule has 2 amide bonds. The monoisotopic (exact) mass is 454 g/mol. The van der Waals surface area contributed by atoms with Gasteiger partial charge >= 0.3 is 12.1 Å². The highest BCUT2D eigenvalue weighted by molar-refractivity contribution is 5.79. The van der Waals surface area contributed by atoms with Crippen LogP contribution < -0.4 is 10.6 Å². The minimum Gasteiger partial charge on any atom is -0.479 e. The number of carbonyl (C=O) groups is 3. The Labute approximate surface area is 193 Å². The summed E-state index contributed by atoms with van der Waals surface area (Å²) in [5.74, 6) is -1.90. The number of aliphatic carboxylic acids is 1. The average Bonchev–Trinajstić information content (AvgIpc) is 3.12. The summed E-state index contributed by atoms with van der Waals surface area (Å²) in [6.45, 7) is 3.95. The molecule has 0 aliphatic heterocycles. The molecule has 4 N–H and O–H groups in total. The highest BCUT2D eigenvalue weighted by atomic mass is 16.5. The number of hydrogen-bond acceptors (Lipinski definition) is 5. The number of carboxylic acid groups (broad SMARTS) is 1. The quantitative estimate of drug-likeness (QED) is 0.438. The van der Waals surface area contributed by atoms with Gasteiger partial charge in [-0.25, -0.2) is 9.59 Å². The molecular weight excluding hydrogens is 424 g/mol. The number of ether oxygens (including phenoxy) is 1. The van der Waals surface area contributed by atoms with Gasteiger partial charge in [0.1, 0.15) is 6.61 Å². The Kier molecular flexibility index (Phi) is 8.06. The van der Waals surface area contributed by atoms with Crippen LogP contribution in [0.25, 0.3) is 11.1 Å². The topological polar surface area (TPSA) is 125 Å². The van der Waals surface area contributed by atoms with Crippen molar-refractivity contribution < 1.29 is 29.3 Å². The molecule has 176 valence electrons. The van der Waals surface area contributed by atoms with Gasteiger partial charge in [0.2, 0.25) is 5.91 Å². The van der Waals surface area contributed by atoms with Crippen LogP contribution in [-0.2, 0) is 14.3 Å². The van der Waals surface area contributed by atoms with Crippen molar-refractivity contribution in [1.82, 2.24) is 10.6 Å². The number of aliphatic hydroxyl groups is 1. The first kappa shape index (κ1) is 24.3. The van der Waals surface area contributed by atoms with Crippen molar-refractivity contribution in [3.05, 3.63) is 59.7 Å². The van der Waals surface area contributed by atoms with Crippen LogP contribution in [0.4, 0.5) is 4.79 Å². The number of hydrogen-bond donors (Lipinski definition) is 4. The zero-order valence-electron chi connectivity index (χ0n) is 18.8.